The van der Waals surface area contributed by atoms with Crippen LogP contribution in [0.2, 0.25) is 0 Å². The molecule has 0 saturated carbocycles. The van der Waals surface area contributed by atoms with Crippen LogP contribution in [0.4, 0.5) is 0 Å². The molecule has 0 radical (unpaired) electrons. The SMILES string of the molecule is Cc1cc(C2Cc3ccccc3C2=O)cc[n+]1Cc1ccccc1.[Br-]. The van der Waals surface area contributed by atoms with E-state index in [0.29, 0.717) is 0 Å². The van der Waals surface area contributed by atoms with Gasteiger partial charge in [-0.3, -0.25) is 4.79 Å². The average Bonchev–Trinajstić information content (AvgIpc) is 2.95. The number of benzene rings is 2. The molecule has 1 atom stereocenters. The van der Waals surface area contributed by atoms with Gasteiger partial charge < -0.3 is 17.0 Å². The summed E-state index contributed by atoms with van der Waals surface area (Å²) in [5, 5.41) is 0. The number of rotatable bonds is 3. The van der Waals surface area contributed by atoms with Gasteiger partial charge in [-0.05, 0) is 17.5 Å². The van der Waals surface area contributed by atoms with Crippen LogP contribution in [0.3, 0.4) is 0 Å². The van der Waals surface area contributed by atoms with Gasteiger partial charge in [0.15, 0.2) is 24.2 Å². The minimum Gasteiger partial charge on any atom is -1.00 e. The molecule has 0 amide bonds. The van der Waals surface area contributed by atoms with E-state index in [1.165, 1.54) is 16.8 Å². The summed E-state index contributed by atoms with van der Waals surface area (Å²) in [5.74, 6) is 0.221. The largest absolute Gasteiger partial charge is 1.00 e. The molecule has 4 rings (SSSR count). The van der Waals surface area contributed by atoms with Gasteiger partial charge in [0.05, 0.1) is 5.92 Å². The second-order valence-electron chi connectivity index (χ2n) is 6.49. The van der Waals surface area contributed by atoms with E-state index in [-0.39, 0.29) is 28.7 Å². The Balaban J connectivity index is 0.00000182. The number of halogens is 1. The molecule has 0 N–H and O–H groups in total. The zero-order valence-electron chi connectivity index (χ0n) is 14.2. The number of Topliss-reactive ketones (excluding diaryl/α,β-unsaturated/α-hetero) is 1. The molecule has 3 aromatic rings. The highest BCUT2D eigenvalue weighted by molar-refractivity contribution is 6.05. The van der Waals surface area contributed by atoms with Crippen molar-refractivity contribution in [2.45, 2.75) is 25.8 Å². The van der Waals surface area contributed by atoms with Crippen molar-refractivity contribution in [1.82, 2.24) is 0 Å². The highest BCUT2D eigenvalue weighted by atomic mass is 79.9. The maximum absolute atomic E-state index is 12.7. The van der Waals surface area contributed by atoms with Crippen molar-refractivity contribution in [1.29, 1.82) is 0 Å². The van der Waals surface area contributed by atoms with E-state index in [9.17, 15) is 4.79 Å². The van der Waals surface area contributed by atoms with Gasteiger partial charge in [-0.15, -0.1) is 0 Å². The lowest BCUT2D eigenvalue weighted by atomic mass is 9.95. The van der Waals surface area contributed by atoms with Crippen molar-refractivity contribution in [3.8, 4) is 0 Å². The topological polar surface area (TPSA) is 20.9 Å². The number of ketones is 1. The van der Waals surface area contributed by atoms with Crippen molar-refractivity contribution in [2.75, 3.05) is 0 Å². The standard InChI is InChI=1S/C22H20NO.BrH/c1-16-13-19(11-12-23(16)15-17-7-3-2-4-8-17)21-14-18-9-5-6-10-20(18)22(21)24;/h2-13,21H,14-15H2,1H3;1H/q+1;/p-1. The van der Waals surface area contributed by atoms with Crippen LogP contribution in [0.25, 0.3) is 0 Å². The van der Waals surface area contributed by atoms with Crippen molar-refractivity contribution in [3.63, 3.8) is 0 Å². The number of aryl methyl sites for hydroxylation is 1. The fourth-order valence-corrected chi connectivity index (χ4v) is 3.55. The molecule has 0 bridgehead atoms. The highest BCUT2D eigenvalue weighted by Crippen LogP contribution is 2.33. The van der Waals surface area contributed by atoms with E-state index in [0.717, 1.165) is 24.1 Å². The molecular formula is C22H20BrNO. The monoisotopic (exact) mass is 393 g/mol. The number of hydrogen-bond donors (Lipinski definition) is 0. The summed E-state index contributed by atoms with van der Waals surface area (Å²) in [6.07, 6.45) is 2.92. The minimum atomic E-state index is -0.0347. The predicted octanol–water partition coefficient (Wildman–Crippen LogP) is 0.857. The van der Waals surface area contributed by atoms with E-state index in [1.54, 1.807) is 0 Å². The number of aromatic nitrogens is 1. The normalized spacial score (nSPS) is 15.6. The number of carbonyl (C=O) groups is 1. The van der Waals surface area contributed by atoms with E-state index >= 15 is 0 Å². The first-order valence-electron chi connectivity index (χ1n) is 8.38. The Morgan fingerprint density at radius 1 is 1.00 bits per heavy atom. The molecule has 1 aliphatic carbocycles. The summed E-state index contributed by atoms with van der Waals surface area (Å²) in [7, 11) is 0. The third-order valence-corrected chi connectivity index (χ3v) is 4.90. The maximum atomic E-state index is 12.7. The van der Waals surface area contributed by atoms with Gasteiger partial charge in [0.25, 0.3) is 0 Å². The first-order chi connectivity index (χ1) is 11.7. The summed E-state index contributed by atoms with van der Waals surface area (Å²) in [4.78, 5) is 12.7. The molecule has 2 aromatic carbocycles. The van der Waals surface area contributed by atoms with Crippen molar-refractivity contribution >= 4 is 5.78 Å². The Morgan fingerprint density at radius 2 is 1.72 bits per heavy atom. The number of hydrogen-bond acceptors (Lipinski definition) is 1. The lowest BCUT2D eigenvalue weighted by Gasteiger charge is -2.09. The van der Waals surface area contributed by atoms with Crippen LogP contribution in [0, 0.1) is 6.92 Å². The summed E-state index contributed by atoms with van der Waals surface area (Å²) in [6.45, 7) is 2.96. The van der Waals surface area contributed by atoms with Crippen LogP contribution in [-0.2, 0) is 13.0 Å². The molecule has 0 spiro atoms. The van der Waals surface area contributed by atoms with Gasteiger partial charge in [-0.2, -0.15) is 4.57 Å². The summed E-state index contributed by atoms with van der Waals surface area (Å²) >= 11 is 0. The van der Waals surface area contributed by atoms with Crippen LogP contribution in [0.1, 0.15) is 38.7 Å². The first-order valence-corrected chi connectivity index (χ1v) is 8.38. The summed E-state index contributed by atoms with van der Waals surface area (Å²) in [6, 6.07) is 22.7. The van der Waals surface area contributed by atoms with Crippen LogP contribution >= 0.6 is 0 Å². The Kier molecular flexibility index (Phi) is 5.14. The van der Waals surface area contributed by atoms with Crippen LogP contribution < -0.4 is 21.5 Å². The first kappa shape index (κ1) is 17.6. The van der Waals surface area contributed by atoms with Crippen LogP contribution in [0.15, 0.2) is 72.9 Å². The summed E-state index contributed by atoms with van der Waals surface area (Å²) < 4.78 is 2.23. The van der Waals surface area contributed by atoms with Gasteiger partial charge >= 0.3 is 0 Å². The Labute approximate surface area is 158 Å². The van der Waals surface area contributed by atoms with Gasteiger partial charge in [0.1, 0.15) is 0 Å². The fourth-order valence-electron chi connectivity index (χ4n) is 3.55. The van der Waals surface area contributed by atoms with E-state index in [2.05, 4.69) is 60.2 Å². The zero-order valence-corrected chi connectivity index (χ0v) is 15.7. The van der Waals surface area contributed by atoms with E-state index < -0.39 is 0 Å². The molecule has 1 aromatic heterocycles. The molecule has 126 valence electrons. The van der Waals surface area contributed by atoms with Gasteiger partial charge in [-0.25, -0.2) is 0 Å². The lowest BCUT2D eigenvalue weighted by molar-refractivity contribution is -0.694. The maximum Gasteiger partial charge on any atom is 0.178 e. The van der Waals surface area contributed by atoms with Crippen molar-refractivity contribution in [3.05, 3.63) is 101 Å². The Bertz CT molecular complexity index is 905. The average molecular weight is 394 g/mol. The minimum absolute atomic E-state index is 0. The van der Waals surface area contributed by atoms with Crippen molar-refractivity contribution < 1.29 is 26.3 Å². The number of pyridine rings is 1. The molecule has 1 aliphatic rings. The van der Waals surface area contributed by atoms with Crippen LogP contribution in [0.5, 0.6) is 0 Å². The molecule has 2 nitrogen and oxygen atoms in total. The van der Waals surface area contributed by atoms with Crippen LogP contribution in [-0.4, -0.2) is 5.78 Å². The quantitative estimate of drug-likeness (QED) is 0.604. The third kappa shape index (κ3) is 3.42. The molecule has 1 heterocycles. The fraction of sp³-hybridized carbons (Fsp3) is 0.182. The molecule has 3 heteroatoms. The zero-order chi connectivity index (χ0) is 16.5. The molecule has 0 fully saturated rings. The van der Waals surface area contributed by atoms with Crippen molar-refractivity contribution in [2.24, 2.45) is 0 Å². The predicted molar refractivity (Wildman–Crippen MR) is 94.1 cm³/mol. The third-order valence-electron chi connectivity index (χ3n) is 4.90. The van der Waals surface area contributed by atoms with E-state index in [1.807, 2.05) is 24.3 Å². The van der Waals surface area contributed by atoms with Gasteiger partial charge in [0.2, 0.25) is 0 Å². The van der Waals surface area contributed by atoms with E-state index in [4.69, 9.17) is 0 Å². The second kappa shape index (κ2) is 7.32. The molecule has 1 unspecified atom stereocenters. The Hall–Kier alpha value is -2.26. The second-order valence-corrected chi connectivity index (χ2v) is 6.49. The number of nitrogens with zero attached hydrogens (tertiary/aromatic N) is 1. The van der Waals surface area contributed by atoms with Gasteiger partial charge in [-0.1, -0.05) is 54.6 Å². The summed E-state index contributed by atoms with van der Waals surface area (Å²) in [5.41, 5.74) is 5.65. The molecular weight excluding hydrogens is 374 g/mol. The molecule has 25 heavy (non-hydrogen) atoms. The molecule has 0 saturated heterocycles. The number of fused-ring (bicyclic) bond motifs is 1. The number of carbonyl (C=O) groups excluding carboxylic acids is 1. The smallest absolute Gasteiger partial charge is 0.178 e. The van der Waals surface area contributed by atoms with Gasteiger partial charge in [0, 0.05) is 30.2 Å². The lowest BCUT2D eigenvalue weighted by Crippen LogP contribution is -3.00. The Morgan fingerprint density at radius 3 is 2.44 bits per heavy atom. The molecule has 0 aliphatic heterocycles. The highest BCUT2D eigenvalue weighted by Gasteiger charge is 2.32.